The molecule has 3 rings (SSSR count). The van der Waals surface area contributed by atoms with Crippen LogP contribution in [0.15, 0.2) is 84.9 Å². The molecule has 31 heavy (non-hydrogen) atoms. The Morgan fingerprint density at radius 3 is 2.10 bits per heavy atom. The van der Waals surface area contributed by atoms with E-state index in [1.807, 2.05) is 60.7 Å². The monoisotopic (exact) mass is 435 g/mol. The Kier molecular flexibility index (Phi) is 7.73. The second kappa shape index (κ2) is 10.7. The fourth-order valence-electron chi connectivity index (χ4n) is 3.27. The molecule has 0 radical (unpaired) electrons. The highest BCUT2D eigenvalue weighted by Crippen LogP contribution is 2.34. The van der Waals surface area contributed by atoms with Gasteiger partial charge in [0.2, 0.25) is 0 Å². The zero-order valence-electron chi connectivity index (χ0n) is 17.3. The van der Waals surface area contributed by atoms with E-state index in [9.17, 15) is 14.7 Å². The van der Waals surface area contributed by atoms with Crippen LogP contribution in [0.3, 0.4) is 0 Å². The van der Waals surface area contributed by atoms with Crippen LogP contribution in [0, 0.1) is 0 Å². The maximum Gasteiger partial charge on any atom is 0.306 e. The highest BCUT2D eigenvalue weighted by molar-refractivity contribution is 7.99. The number of methoxy groups -OCH3 is 1. The first-order valence-corrected chi connectivity index (χ1v) is 10.9. The van der Waals surface area contributed by atoms with Crippen molar-refractivity contribution in [2.45, 2.75) is 23.5 Å². The first-order chi connectivity index (χ1) is 15.0. The van der Waals surface area contributed by atoms with Crippen molar-refractivity contribution in [3.8, 4) is 5.75 Å². The summed E-state index contributed by atoms with van der Waals surface area (Å²) < 4.78 is 5.21. The minimum absolute atomic E-state index is 0.207. The van der Waals surface area contributed by atoms with E-state index >= 15 is 0 Å². The zero-order valence-corrected chi connectivity index (χ0v) is 18.1. The molecule has 2 N–H and O–H groups in total. The molecule has 5 nitrogen and oxygen atoms in total. The molecule has 0 heterocycles. The van der Waals surface area contributed by atoms with Crippen LogP contribution in [-0.4, -0.2) is 29.0 Å². The Morgan fingerprint density at radius 1 is 0.903 bits per heavy atom. The SMILES string of the molecule is COc1ccc(CS[C@](CC(=O)O)(Cc2ccccc2)NC(=O)c2ccccc2)cc1. The summed E-state index contributed by atoms with van der Waals surface area (Å²) in [5, 5.41) is 12.7. The average Bonchev–Trinajstić information content (AvgIpc) is 2.79. The number of hydrogen-bond donors (Lipinski definition) is 2. The first kappa shape index (κ1) is 22.4. The summed E-state index contributed by atoms with van der Waals surface area (Å²) in [5.41, 5.74) is 2.47. The lowest BCUT2D eigenvalue weighted by molar-refractivity contribution is -0.137. The summed E-state index contributed by atoms with van der Waals surface area (Å²) in [5.74, 6) is 0.0397. The molecule has 160 valence electrons. The molecular formula is C25H25NO4S. The number of aliphatic carboxylic acids is 1. The van der Waals surface area contributed by atoms with Crippen molar-refractivity contribution in [2.75, 3.05) is 7.11 Å². The van der Waals surface area contributed by atoms with Crippen molar-refractivity contribution in [1.29, 1.82) is 0 Å². The van der Waals surface area contributed by atoms with E-state index in [0.717, 1.165) is 16.9 Å². The van der Waals surface area contributed by atoms with Gasteiger partial charge in [-0.25, -0.2) is 0 Å². The number of carbonyl (C=O) groups excluding carboxylic acids is 1. The highest BCUT2D eigenvalue weighted by atomic mass is 32.2. The largest absolute Gasteiger partial charge is 0.497 e. The van der Waals surface area contributed by atoms with E-state index in [4.69, 9.17) is 4.74 Å². The molecule has 0 aliphatic rings. The van der Waals surface area contributed by atoms with Gasteiger partial charge in [-0.05, 0) is 35.4 Å². The maximum atomic E-state index is 13.0. The van der Waals surface area contributed by atoms with Crippen LogP contribution in [0.5, 0.6) is 5.75 Å². The summed E-state index contributed by atoms with van der Waals surface area (Å²) in [6.45, 7) is 0. The molecule has 0 aliphatic carbocycles. The van der Waals surface area contributed by atoms with Crippen LogP contribution in [0.1, 0.15) is 27.9 Å². The van der Waals surface area contributed by atoms with Crippen molar-refractivity contribution in [3.05, 3.63) is 102 Å². The second-order valence-electron chi connectivity index (χ2n) is 7.18. The van der Waals surface area contributed by atoms with E-state index in [1.165, 1.54) is 11.8 Å². The molecule has 0 spiro atoms. The fraction of sp³-hybridized carbons (Fsp3) is 0.200. The van der Waals surface area contributed by atoms with Crippen LogP contribution in [0.25, 0.3) is 0 Å². The molecule has 6 heteroatoms. The van der Waals surface area contributed by atoms with Gasteiger partial charge in [-0.1, -0.05) is 60.7 Å². The minimum atomic E-state index is -1.01. The number of hydrogen-bond acceptors (Lipinski definition) is 4. The molecule has 0 saturated heterocycles. The summed E-state index contributed by atoms with van der Waals surface area (Å²) in [7, 11) is 1.61. The molecule has 0 unspecified atom stereocenters. The van der Waals surface area contributed by atoms with Crippen LogP contribution >= 0.6 is 11.8 Å². The van der Waals surface area contributed by atoms with E-state index in [-0.39, 0.29) is 12.3 Å². The Bertz CT molecular complexity index is 993. The van der Waals surface area contributed by atoms with Gasteiger partial charge < -0.3 is 15.2 Å². The number of benzene rings is 3. The Labute approximate surface area is 186 Å². The normalized spacial score (nSPS) is 12.5. The number of nitrogens with one attached hydrogen (secondary N) is 1. The van der Waals surface area contributed by atoms with Gasteiger partial charge >= 0.3 is 5.97 Å². The van der Waals surface area contributed by atoms with Crippen LogP contribution in [0.2, 0.25) is 0 Å². The number of carboxylic acid groups (broad SMARTS) is 1. The average molecular weight is 436 g/mol. The van der Waals surface area contributed by atoms with Gasteiger partial charge in [0.1, 0.15) is 10.6 Å². The molecule has 0 aromatic heterocycles. The summed E-state index contributed by atoms with van der Waals surface area (Å²) in [6.07, 6.45) is 0.181. The smallest absolute Gasteiger partial charge is 0.306 e. The van der Waals surface area contributed by atoms with E-state index in [0.29, 0.717) is 17.7 Å². The lowest BCUT2D eigenvalue weighted by Gasteiger charge is -2.33. The number of carbonyl (C=O) groups is 2. The predicted octanol–water partition coefficient (Wildman–Crippen LogP) is 4.77. The Balaban J connectivity index is 1.89. The molecule has 1 atom stereocenters. The van der Waals surface area contributed by atoms with E-state index < -0.39 is 10.8 Å². The van der Waals surface area contributed by atoms with Gasteiger partial charge in [0.15, 0.2) is 0 Å². The number of thioether (sulfide) groups is 1. The lowest BCUT2D eigenvalue weighted by Crippen LogP contribution is -2.49. The standard InChI is InChI=1S/C25H25NO4S/c1-30-22-14-12-20(13-15-22)18-31-25(17-23(27)28,16-19-8-4-2-5-9-19)26-24(29)21-10-6-3-7-11-21/h2-15H,16-18H2,1H3,(H,26,29)(H,27,28)/t25-/m0/s1. The Morgan fingerprint density at radius 2 is 1.52 bits per heavy atom. The van der Waals surface area contributed by atoms with Crippen molar-refractivity contribution < 1.29 is 19.4 Å². The molecule has 0 fully saturated rings. The predicted molar refractivity (Wildman–Crippen MR) is 123 cm³/mol. The van der Waals surface area contributed by atoms with Crippen molar-refractivity contribution in [2.24, 2.45) is 0 Å². The summed E-state index contributed by atoms with van der Waals surface area (Å²) >= 11 is 1.43. The van der Waals surface area contributed by atoms with Crippen LogP contribution < -0.4 is 10.1 Å². The van der Waals surface area contributed by atoms with Crippen molar-refractivity contribution in [3.63, 3.8) is 0 Å². The number of carboxylic acids is 1. The summed E-state index contributed by atoms with van der Waals surface area (Å²) in [6, 6.07) is 26.1. The fourth-order valence-corrected chi connectivity index (χ4v) is 4.57. The molecule has 0 bridgehead atoms. The molecule has 0 aliphatic heterocycles. The van der Waals surface area contributed by atoms with Gasteiger partial charge in [-0.3, -0.25) is 9.59 Å². The van der Waals surface area contributed by atoms with Crippen molar-refractivity contribution >= 4 is 23.6 Å². The molecular weight excluding hydrogens is 410 g/mol. The van der Waals surface area contributed by atoms with Gasteiger partial charge in [0, 0.05) is 17.7 Å². The molecule has 0 saturated carbocycles. The first-order valence-electron chi connectivity index (χ1n) is 9.90. The zero-order chi connectivity index (χ0) is 22.1. The van der Waals surface area contributed by atoms with Gasteiger partial charge in [0.05, 0.1) is 13.5 Å². The van der Waals surface area contributed by atoms with Gasteiger partial charge in [-0.15, -0.1) is 11.8 Å². The second-order valence-corrected chi connectivity index (χ2v) is 8.54. The summed E-state index contributed by atoms with van der Waals surface area (Å²) in [4.78, 5) is 23.8. The topological polar surface area (TPSA) is 75.6 Å². The lowest BCUT2D eigenvalue weighted by atomic mass is 10.0. The number of rotatable bonds is 10. The van der Waals surface area contributed by atoms with E-state index in [1.54, 1.807) is 31.4 Å². The number of amides is 1. The quantitative estimate of drug-likeness (QED) is 0.449. The third-order valence-corrected chi connectivity index (χ3v) is 6.24. The molecule has 3 aromatic rings. The Hall–Kier alpha value is -3.25. The molecule has 3 aromatic carbocycles. The van der Waals surface area contributed by atoms with Crippen LogP contribution in [0.4, 0.5) is 0 Å². The molecule has 1 amide bonds. The third-order valence-electron chi connectivity index (χ3n) is 4.82. The van der Waals surface area contributed by atoms with Gasteiger partial charge in [-0.2, -0.15) is 0 Å². The maximum absolute atomic E-state index is 13.0. The van der Waals surface area contributed by atoms with Crippen LogP contribution in [-0.2, 0) is 17.0 Å². The highest BCUT2D eigenvalue weighted by Gasteiger charge is 2.36. The number of ether oxygens (including phenoxy) is 1. The van der Waals surface area contributed by atoms with E-state index in [2.05, 4.69) is 5.32 Å². The third kappa shape index (κ3) is 6.62. The van der Waals surface area contributed by atoms with Gasteiger partial charge in [0.25, 0.3) is 5.91 Å². The van der Waals surface area contributed by atoms with Crippen molar-refractivity contribution in [1.82, 2.24) is 5.32 Å². The minimum Gasteiger partial charge on any atom is -0.497 e.